The maximum Gasteiger partial charge on any atom is 0.122 e. The zero-order valence-electron chi connectivity index (χ0n) is 9.17. The van der Waals surface area contributed by atoms with Crippen LogP contribution in [0.2, 0.25) is 0 Å². The Morgan fingerprint density at radius 3 is 2.73 bits per heavy atom. The predicted molar refractivity (Wildman–Crippen MR) is 63.1 cm³/mol. The summed E-state index contributed by atoms with van der Waals surface area (Å²) in [6.45, 7) is 0.844. The molecule has 1 aliphatic rings. The van der Waals surface area contributed by atoms with Crippen molar-refractivity contribution in [2.75, 3.05) is 12.3 Å². The molecule has 0 saturated heterocycles. The fourth-order valence-electron chi connectivity index (χ4n) is 2.07. The van der Waals surface area contributed by atoms with Crippen LogP contribution in [0.4, 0.5) is 5.69 Å². The number of benzene rings is 1. The highest BCUT2D eigenvalue weighted by molar-refractivity contribution is 5.47. The summed E-state index contributed by atoms with van der Waals surface area (Å²) < 4.78 is 5.76. The van der Waals surface area contributed by atoms with Crippen LogP contribution in [0.25, 0.3) is 0 Å². The second kappa shape index (κ2) is 5.06. The van der Waals surface area contributed by atoms with Crippen LogP contribution in [-0.4, -0.2) is 6.61 Å². The summed E-state index contributed by atoms with van der Waals surface area (Å²) in [7, 11) is 0. The van der Waals surface area contributed by atoms with Crippen LogP contribution in [0.15, 0.2) is 18.2 Å². The Morgan fingerprint density at radius 2 is 1.80 bits per heavy atom. The van der Waals surface area contributed by atoms with Crippen LogP contribution >= 0.6 is 0 Å². The fraction of sp³-hybridized carbons (Fsp3) is 0.538. The van der Waals surface area contributed by atoms with E-state index in [1.54, 1.807) is 0 Å². The third kappa shape index (κ3) is 2.88. The average molecular weight is 205 g/mol. The van der Waals surface area contributed by atoms with Gasteiger partial charge in [-0.25, -0.2) is 0 Å². The SMILES string of the molecule is Nc1ccc2c(c1)CCCCCCCO2. The van der Waals surface area contributed by atoms with E-state index in [1.807, 2.05) is 12.1 Å². The molecular weight excluding hydrogens is 186 g/mol. The number of hydrogen-bond donors (Lipinski definition) is 1. The van der Waals surface area contributed by atoms with Crippen molar-refractivity contribution in [2.24, 2.45) is 0 Å². The molecular formula is C13H19NO. The van der Waals surface area contributed by atoms with Gasteiger partial charge in [-0.2, -0.15) is 0 Å². The molecule has 1 aliphatic heterocycles. The van der Waals surface area contributed by atoms with Gasteiger partial charge in [0.25, 0.3) is 0 Å². The standard InChI is InChI=1S/C13H19NO/c14-12-7-8-13-11(10-12)6-4-2-1-3-5-9-15-13/h7-8,10H,1-6,9,14H2. The first kappa shape index (κ1) is 10.3. The van der Waals surface area contributed by atoms with Gasteiger partial charge in [-0.1, -0.05) is 19.3 Å². The Balaban J connectivity index is 2.15. The molecule has 0 spiro atoms. The van der Waals surface area contributed by atoms with Crippen molar-refractivity contribution in [1.29, 1.82) is 0 Å². The van der Waals surface area contributed by atoms with E-state index in [-0.39, 0.29) is 0 Å². The summed E-state index contributed by atoms with van der Waals surface area (Å²) in [6.07, 6.45) is 7.48. The van der Waals surface area contributed by atoms with Crippen LogP contribution in [-0.2, 0) is 6.42 Å². The van der Waals surface area contributed by atoms with Crippen LogP contribution in [0.1, 0.15) is 37.7 Å². The first-order chi connectivity index (χ1) is 7.36. The Bertz CT molecular complexity index is 322. The third-order valence-corrected chi connectivity index (χ3v) is 2.93. The molecule has 82 valence electrons. The van der Waals surface area contributed by atoms with E-state index < -0.39 is 0 Å². The smallest absolute Gasteiger partial charge is 0.122 e. The van der Waals surface area contributed by atoms with Gasteiger partial charge >= 0.3 is 0 Å². The highest BCUT2D eigenvalue weighted by atomic mass is 16.5. The number of fused-ring (bicyclic) bond motifs is 1. The van der Waals surface area contributed by atoms with E-state index in [9.17, 15) is 0 Å². The van der Waals surface area contributed by atoms with Crippen molar-refractivity contribution in [3.05, 3.63) is 23.8 Å². The fourth-order valence-corrected chi connectivity index (χ4v) is 2.07. The van der Waals surface area contributed by atoms with Gasteiger partial charge in [-0.3, -0.25) is 0 Å². The van der Waals surface area contributed by atoms with Gasteiger partial charge in [0.2, 0.25) is 0 Å². The minimum atomic E-state index is 0.842. The van der Waals surface area contributed by atoms with E-state index in [0.717, 1.165) is 24.5 Å². The lowest BCUT2D eigenvalue weighted by atomic mass is 10.0. The topological polar surface area (TPSA) is 35.2 Å². The molecule has 0 bridgehead atoms. The zero-order valence-corrected chi connectivity index (χ0v) is 9.17. The van der Waals surface area contributed by atoms with Crippen molar-refractivity contribution in [3.8, 4) is 5.75 Å². The summed E-state index contributed by atoms with van der Waals surface area (Å²) >= 11 is 0. The number of nitrogens with two attached hydrogens (primary N) is 1. The molecule has 2 N–H and O–H groups in total. The van der Waals surface area contributed by atoms with Gasteiger partial charge in [0, 0.05) is 5.69 Å². The molecule has 2 nitrogen and oxygen atoms in total. The van der Waals surface area contributed by atoms with Crippen LogP contribution in [0, 0.1) is 0 Å². The maximum absolute atomic E-state index is 5.79. The number of aryl methyl sites for hydroxylation is 1. The predicted octanol–water partition coefficient (Wildman–Crippen LogP) is 3.15. The van der Waals surface area contributed by atoms with Crippen LogP contribution in [0.3, 0.4) is 0 Å². The van der Waals surface area contributed by atoms with Gasteiger partial charge in [0.1, 0.15) is 5.75 Å². The highest BCUT2D eigenvalue weighted by Gasteiger charge is 2.06. The summed E-state index contributed by atoms with van der Waals surface area (Å²) in [5.41, 5.74) is 7.90. The van der Waals surface area contributed by atoms with Crippen LogP contribution in [0.5, 0.6) is 5.75 Å². The minimum absolute atomic E-state index is 0.842. The Kier molecular flexibility index (Phi) is 3.49. The maximum atomic E-state index is 5.79. The monoisotopic (exact) mass is 205 g/mol. The Morgan fingerprint density at radius 1 is 1.00 bits per heavy atom. The molecule has 0 fully saturated rings. The van der Waals surface area contributed by atoms with Gasteiger partial charge in [0.15, 0.2) is 0 Å². The molecule has 1 heterocycles. The van der Waals surface area contributed by atoms with Gasteiger partial charge < -0.3 is 10.5 Å². The van der Waals surface area contributed by atoms with E-state index >= 15 is 0 Å². The van der Waals surface area contributed by atoms with Crippen molar-refractivity contribution >= 4 is 5.69 Å². The number of anilines is 1. The first-order valence-electron chi connectivity index (χ1n) is 5.87. The summed E-state index contributed by atoms with van der Waals surface area (Å²) in [5, 5.41) is 0. The number of rotatable bonds is 0. The van der Waals surface area contributed by atoms with Gasteiger partial charge in [-0.05, 0) is 43.0 Å². The van der Waals surface area contributed by atoms with Crippen molar-refractivity contribution in [3.63, 3.8) is 0 Å². The molecule has 0 saturated carbocycles. The number of hydrogen-bond acceptors (Lipinski definition) is 2. The normalized spacial score (nSPS) is 17.6. The molecule has 0 atom stereocenters. The molecule has 0 unspecified atom stereocenters. The van der Waals surface area contributed by atoms with Crippen molar-refractivity contribution in [2.45, 2.75) is 38.5 Å². The quantitative estimate of drug-likeness (QED) is 0.660. The molecule has 0 radical (unpaired) electrons. The van der Waals surface area contributed by atoms with Gasteiger partial charge in [0.05, 0.1) is 6.61 Å². The van der Waals surface area contributed by atoms with E-state index in [0.29, 0.717) is 0 Å². The summed E-state index contributed by atoms with van der Waals surface area (Å²) in [4.78, 5) is 0. The Hall–Kier alpha value is -1.18. The number of ether oxygens (including phenoxy) is 1. The third-order valence-electron chi connectivity index (χ3n) is 2.93. The second-order valence-electron chi connectivity index (χ2n) is 4.23. The molecule has 1 aromatic carbocycles. The highest BCUT2D eigenvalue weighted by Crippen LogP contribution is 2.25. The van der Waals surface area contributed by atoms with E-state index in [1.165, 1.54) is 37.7 Å². The second-order valence-corrected chi connectivity index (χ2v) is 4.23. The Labute approximate surface area is 91.4 Å². The zero-order chi connectivity index (χ0) is 10.5. The van der Waals surface area contributed by atoms with E-state index in [4.69, 9.17) is 10.5 Å². The van der Waals surface area contributed by atoms with Gasteiger partial charge in [-0.15, -0.1) is 0 Å². The average Bonchev–Trinajstić information content (AvgIpc) is 2.25. The lowest BCUT2D eigenvalue weighted by Gasteiger charge is -2.14. The molecule has 0 aliphatic carbocycles. The van der Waals surface area contributed by atoms with Crippen molar-refractivity contribution < 1.29 is 4.74 Å². The van der Waals surface area contributed by atoms with Crippen LogP contribution < -0.4 is 10.5 Å². The number of nitrogen functional groups attached to an aromatic ring is 1. The lowest BCUT2D eigenvalue weighted by Crippen LogP contribution is -2.03. The lowest BCUT2D eigenvalue weighted by molar-refractivity contribution is 0.298. The largest absolute Gasteiger partial charge is 0.493 e. The molecule has 2 heteroatoms. The van der Waals surface area contributed by atoms with E-state index in [2.05, 4.69) is 6.07 Å². The molecule has 0 amide bonds. The molecule has 15 heavy (non-hydrogen) atoms. The summed E-state index contributed by atoms with van der Waals surface area (Å²) in [6, 6.07) is 5.98. The molecule has 0 aromatic heterocycles. The molecule has 2 rings (SSSR count). The minimum Gasteiger partial charge on any atom is -0.493 e. The summed E-state index contributed by atoms with van der Waals surface area (Å²) in [5.74, 6) is 1.03. The first-order valence-corrected chi connectivity index (χ1v) is 5.87. The molecule has 1 aromatic rings. The van der Waals surface area contributed by atoms with Crippen molar-refractivity contribution in [1.82, 2.24) is 0 Å².